The van der Waals surface area contributed by atoms with Crippen molar-refractivity contribution in [3.8, 4) is 0 Å². The topological polar surface area (TPSA) is 80.5 Å². The number of nitrogens with one attached hydrogen (secondary N) is 1. The van der Waals surface area contributed by atoms with E-state index in [1.807, 2.05) is 45.8 Å². The van der Waals surface area contributed by atoms with Crippen LogP contribution in [0.5, 0.6) is 0 Å². The molecule has 0 bridgehead atoms. The number of rotatable bonds is 5. The van der Waals surface area contributed by atoms with E-state index in [9.17, 15) is 4.79 Å². The number of halogens is 2. The van der Waals surface area contributed by atoms with Gasteiger partial charge in [-0.2, -0.15) is 0 Å². The minimum atomic E-state index is -0.936. The smallest absolute Gasteiger partial charge is 0.246 e. The molecule has 1 saturated carbocycles. The van der Waals surface area contributed by atoms with Crippen molar-refractivity contribution in [3.05, 3.63) is 18.3 Å². The number of nitrogens with two attached hydrogens (primary N) is 1. The van der Waals surface area contributed by atoms with Gasteiger partial charge in [0.2, 0.25) is 5.91 Å². The van der Waals surface area contributed by atoms with Crippen LogP contribution >= 0.6 is 24.8 Å². The molecule has 0 aliphatic heterocycles. The van der Waals surface area contributed by atoms with E-state index in [0.29, 0.717) is 18.8 Å². The maximum atomic E-state index is 12.6. The van der Waals surface area contributed by atoms with E-state index < -0.39 is 11.0 Å². The second kappa shape index (κ2) is 8.34. The second-order valence-electron chi connectivity index (χ2n) is 6.59. The molecule has 1 aromatic rings. The molecule has 0 saturated heterocycles. The molecule has 1 heterocycles. The monoisotopic (exact) mass is 378 g/mol. The Morgan fingerprint density at radius 2 is 2.04 bits per heavy atom. The predicted octanol–water partition coefficient (Wildman–Crippen LogP) is 2.46. The van der Waals surface area contributed by atoms with Crippen LogP contribution in [0.3, 0.4) is 0 Å². The van der Waals surface area contributed by atoms with E-state index in [0.717, 1.165) is 5.69 Å². The van der Waals surface area contributed by atoms with Gasteiger partial charge in [-0.1, -0.05) is 13.8 Å². The third-order valence-electron chi connectivity index (χ3n) is 4.74. The van der Waals surface area contributed by atoms with Crippen LogP contribution in [-0.2, 0) is 9.53 Å². The molecule has 3 N–H and O–H groups in total. The molecule has 1 aliphatic rings. The van der Waals surface area contributed by atoms with Crippen molar-refractivity contribution in [1.82, 2.24) is 4.98 Å². The summed E-state index contributed by atoms with van der Waals surface area (Å²) in [6.07, 6.45) is 2.25. The fourth-order valence-corrected chi connectivity index (χ4v) is 2.77. The lowest BCUT2D eigenvalue weighted by Gasteiger charge is -2.57. The predicted molar refractivity (Wildman–Crippen MR) is 102 cm³/mol. The van der Waals surface area contributed by atoms with Crippen molar-refractivity contribution >= 4 is 42.2 Å². The van der Waals surface area contributed by atoms with Crippen molar-refractivity contribution < 1.29 is 9.53 Å². The number of carbonyl (C=O) groups excluding carboxylic acids is 1. The van der Waals surface area contributed by atoms with Gasteiger partial charge in [-0.3, -0.25) is 4.79 Å². The van der Waals surface area contributed by atoms with Gasteiger partial charge < -0.3 is 20.7 Å². The van der Waals surface area contributed by atoms with Crippen LogP contribution in [0, 0.1) is 5.41 Å². The summed E-state index contributed by atoms with van der Waals surface area (Å²) in [6, 6.07) is 3.68. The average molecular weight is 379 g/mol. The summed E-state index contributed by atoms with van der Waals surface area (Å²) in [7, 11) is 3.88. The lowest BCUT2D eigenvalue weighted by molar-refractivity contribution is -0.166. The molecule has 2 rings (SSSR count). The molecule has 0 aromatic carbocycles. The third kappa shape index (κ3) is 3.94. The van der Waals surface area contributed by atoms with Crippen LogP contribution in [0.25, 0.3) is 0 Å². The highest BCUT2D eigenvalue weighted by atomic mass is 35.5. The Morgan fingerprint density at radius 1 is 1.42 bits per heavy atom. The van der Waals surface area contributed by atoms with Gasteiger partial charge in [-0.15, -0.1) is 24.8 Å². The number of amides is 1. The zero-order valence-electron chi connectivity index (χ0n) is 14.8. The van der Waals surface area contributed by atoms with Crippen molar-refractivity contribution in [3.63, 3.8) is 0 Å². The van der Waals surface area contributed by atoms with Gasteiger partial charge in [0, 0.05) is 32.5 Å². The number of carbonyl (C=O) groups is 1. The quantitative estimate of drug-likeness (QED) is 0.822. The van der Waals surface area contributed by atoms with E-state index in [2.05, 4.69) is 10.3 Å². The van der Waals surface area contributed by atoms with Gasteiger partial charge in [-0.05, 0) is 19.1 Å². The average Bonchev–Trinajstić information content (AvgIpc) is 2.47. The maximum Gasteiger partial charge on any atom is 0.246 e. The molecule has 6 nitrogen and oxygen atoms in total. The van der Waals surface area contributed by atoms with Crippen molar-refractivity contribution in [1.29, 1.82) is 0 Å². The lowest BCUT2D eigenvalue weighted by Crippen LogP contribution is -2.74. The Hall–Kier alpha value is -1.08. The molecule has 138 valence electrons. The van der Waals surface area contributed by atoms with Gasteiger partial charge in [0.15, 0.2) is 0 Å². The van der Waals surface area contributed by atoms with Crippen LogP contribution in [-0.4, -0.2) is 43.2 Å². The SMILES string of the molecule is CCOC1CC(N)(C(=O)Nc2ccc(N(C)C)cn2)C1(C)C.Cl.Cl. The summed E-state index contributed by atoms with van der Waals surface area (Å²) in [5.41, 5.74) is 5.97. The standard InChI is InChI=1S/C16H26N4O2.2ClH/c1-6-22-12-9-16(17,15(12,2)3)14(21)19-13-8-7-11(10-18-13)20(4)5;;/h7-8,10,12H,6,9,17H2,1-5H3,(H,18,19,21);2*1H. The molecular formula is C16H28Cl2N4O2. The first kappa shape index (κ1) is 22.9. The minimum absolute atomic E-state index is 0. The van der Waals surface area contributed by atoms with E-state index in [1.165, 1.54) is 0 Å². The van der Waals surface area contributed by atoms with Crippen molar-refractivity contribution in [2.75, 3.05) is 30.9 Å². The van der Waals surface area contributed by atoms with Gasteiger partial charge in [0.1, 0.15) is 11.4 Å². The molecule has 2 atom stereocenters. The number of nitrogens with zero attached hydrogens (tertiary/aromatic N) is 2. The normalized spacial score (nSPS) is 24.0. The first-order valence-corrected chi connectivity index (χ1v) is 7.57. The molecular weight excluding hydrogens is 351 g/mol. The largest absolute Gasteiger partial charge is 0.378 e. The Kier molecular flexibility index (Phi) is 7.96. The first-order valence-electron chi connectivity index (χ1n) is 7.57. The number of hydrogen-bond acceptors (Lipinski definition) is 5. The Labute approximate surface area is 156 Å². The highest BCUT2D eigenvalue weighted by molar-refractivity contribution is 5.99. The zero-order valence-corrected chi connectivity index (χ0v) is 16.5. The van der Waals surface area contributed by atoms with E-state index in [4.69, 9.17) is 10.5 Å². The second-order valence-corrected chi connectivity index (χ2v) is 6.59. The highest BCUT2D eigenvalue weighted by Crippen LogP contribution is 2.50. The summed E-state index contributed by atoms with van der Waals surface area (Å²) in [5, 5.41) is 2.82. The van der Waals surface area contributed by atoms with Gasteiger partial charge in [0.05, 0.1) is 18.0 Å². The van der Waals surface area contributed by atoms with Gasteiger partial charge >= 0.3 is 0 Å². The van der Waals surface area contributed by atoms with Gasteiger partial charge in [0.25, 0.3) is 0 Å². The third-order valence-corrected chi connectivity index (χ3v) is 4.74. The highest BCUT2D eigenvalue weighted by Gasteiger charge is 2.62. The van der Waals surface area contributed by atoms with E-state index in [1.54, 1.807) is 12.3 Å². The van der Waals surface area contributed by atoms with E-state index in [-0.39, 0.29) is 36.8 Å². The minimum Gasteiger partial charge on any atom is -0.378 e. The summed E-state index contributed by atoms with van der Waals surface area (Å²) in [4.78, 5) is 18.8. The lowest BCUT2D eigenvalue weighted by atomic mass is 9.54. The Morgan fingerprint density at radius 3 is 2.46 bits per heavy atom. The molecule has 0 spiro atoms. The molecule has 1 aromatic heterocycles. The number of pyridine rings is 1. The maximum absolute atomic E-state index is 12.6. The number of anilines is 2. The summed E-state index contributed by atoms with van der Waals surface area (Å²) in [6.45, 7) is 6.51. The summed E-state index contributed by atoms with van der Waals surface area (Å²) >= 11 is 0. The van der Waals surface area contributed by atoms with Crippen LogP contribution < -0.4 is 16.0 Å². The summed E-state index contributed by atoms with van der Waals surface area (Å²) < 4.78 is 5.65. The van der Waals surface area contributed by atoms with Crippen LogP contribution in [0.2, 0.25) is 0 Å². The van der Waals surface area contributed by atoms with Gasteiger partial charge in [-0.25, -0.2) is 4.98 Å². The Bertz CT molecular complexity index is 552. The number of aromatic nitrogens is 1. The molecule has 2 unspecified atom stereocenters. The van der Waals surface area contributed by atoms with Crippen molar-refractivity contribution in [2.24, 2.45) is 11.1 Å². The van der Waals surface area contributed by atoms with Crippen molar-refractivity contribution in [2.45, 2.75) is 38.8 Å². The zero-order chi connectivity index (χ0) is 16.5. The molecule has 1 aliphatic carbocycles. The fourth-order valence-electron chi connectivity index (χ4n) is 2.77. The number of hydrogen-bond donors (Lipinski definition) is 2. The first-order chi connectivity index (χ1) is 10.2. The molecule has 0 radical (unpaired) electrons. The molecule has 1 fully saturated rings. The molecule has 24 heavy (non-hydrogen) atoms. The number of ether oxygens (including phenoxy) is 1. The summed E-state index contributed by atoms with van der Waals surface area (Å²) in [5.74, 6) is 0.301. The van der Waals surface area contributed by atoms with Crippen LogP contribution in [0.1, 0.15) is 27.2 Å². The Balaban J connectivity index is 0.00000264. The van der Waals surface area contributed by atoms with Crippen LogP contribution in [0.4, 0.5) is 11.5 Å². The van der Waals surface area contributed by atoms with Crippen LogP contribution in [0.15, 0.2) is 18.3 Å². The fraction of sp³-hybridized carbons (Fsp3) is 0.625. The molecule has 8 heteroatoms. The van der Waals surface area contributed by atoms with E-state index >= 15 is 0 Å². The molecule has 1 amide bonds.